The van der Waals surface area contributed by atoms with E-state index >= 15 is 0 Å². The summed E-state index contributed by atoms with van der Waals surface area (Å²) < 4.78 is 6.81. The van der Waals surface area contributed by atoms with E-state index in [0.29, 0.717) is 47.3 Å². The van der Waals surface area contributed by atoms with Crippen molar-refractivity contribution < 1.29 is 14.6 Å². The van der Waals surface area contributed by atoms with Crippen molar-refractivity contribution in [1.82, 2.24) is 5.32 Å². The van der Waals surface area contributed by atoms with E-state index in [1.54, 1.807) is 0 Å². The van der Waals surface area contributed by atoms with Crippen molar-refractivity contribution >= 4 is 6.03 Å². The lowest BCUT2D eigenvalue weighted by molar-refractivity contribution is -0.130. The second kappa shape index (κ2) is 8.69. The van der Waals surface area contributed by atoms with Crippen molar-refractivity contribution in [1.29, 1.82) is 0 Å². The molecule has 0 radical (unpaired) electrons. The molecule has 12 atom stereocenters. The molecule has 5 fully saturated rings. The molecule has 5 aliphatic rings. The lowest BCUT2D eigenvalue weighted by atomic mass is 9.44. The van der Waals surface area contributed by atoms with Crippen molar-refractivity contribution in [3.63, 3.8) is 0 Å². The summed E-state index contributed by atoms with van der Waals surface area (Å²) in [4.78, 5) is 11.0. The molecule has 0 aromatic heterocycles. The molecule has 5 heteroatoms. The number of urea groups is 1. The van der Waals surface area contributed by atoms with Crippen molar-refractivity contribution in [2.24, 2.45) is 58.0 Å². The summed E-state index contributed by atoms with van der Waals surface area (Å²) in [6.07, 6.45) is 12.9. The number of fused-ring (bicyclic) bond motifs is 7. The molecule has 33 heavy (non-hydrogen) atoms. The Morgan fingerprint density at radius 3 is 2.64 bits per heavy atom. The zero-order chi connectivity index (χ0) is 23.5. The average Bonchev–Trinajstić information content (AvgIpc) is 3.24. The van der Waals surface area contributed by atoms with Crippen LogP contribution in [0.3, 0.4) is 0 Å². The number of rotatable bonds is 5. The highest BCUT2D eigenvalue weighted by Gasteiger charge is 2.65. The molecule has 5 nitrogen and oxygen atoms in total. The fourth-order valence-electron chi connectivity index (χ4n) is 10.1. The largest absolute Gasteiger partial charge is 0.393 e. The molecule has 5 rings (SSSR count). The standard InChI is InChI=1S/C28H48N2O3/c1-16(15-30-26(29)32)5-8-23-17(2)25-24(33-23)14-22-20-7-6-18-13-19(31)9-11-27(18,3)21(20)10-12-28(22,25)4/h16-25,31H,5-15H2,1-4H3,(H3,29,30,32)/t16?,17-,18?,19?,20-,21+,22+,23?,24+,25+,27+,28+/m1/s1. The van der Waals surface area contributed by atoms with Crippen LogP contribution in [-0.4, -0.2) is 36.0 Å². The predicted octanol–water partition coefficient (Wildman–Crippen LogP) is 5.10. The van der Waals surface area contributed by atoms with E-state index in [1.165, 1.54) is 38.5 Å². The third-order valence-corrected chi connectivity index (χ3v) is 11.8. The van der Waals surface area contributed by atoms with Crippen LogP contribution in [-0.2, 0) is 4.74 Å². The minimum absolute atomic E-state index is 0.0557. The second-order valence-corrected chi connectivity index (χ2v) is 13.4. The molecular weight excluding hydrogens is 412 g/mol. The van der Waals surface area contributed by atoms with Gasteiger partial charge in [-0.1, -0.05) is 27.7 Å². The second-order valence-electron chi connectivity index (χ2n) is 13.4. The van der Waals surface area contributed by atoms with Gasteiger partial charge in [0.2, 0.25) is 0 Å². The van der Waals surface area contributed by atoms with Crippen LogP contribution in [0, 0.1) is 52.3 Å². The Hall–Kier alpha value is -0.810. The Labute approximate surface area is 201 Å². The first-order chi connectivity index (χ1) is 15.6. The Balaban J connectivity index is 1.25. The van der Waals surface area contributed by atoms with E-state index in [2.05, 4.69) is 33.0 Å². The summed E-state index contributed by atoms with van der Waals surface area (Å²) in [6.45, 7) is 10.5. The summed E-state index contributed by atoms with van der Waals surface area (Å²) in [5.41, 5.74) is 6.11. The van der Waals surface area contributed by atoms with E-state index in [-0.39, 0.29) is 6.10 Å². The average molecular weight is 461 g/mol. The summed E-state index contributed by atoms with van der Waals surface area (Å²) in [6, 6.07) is -0.427. The van der Waals surface area contributed by atoms with Gasteiger partial charge in [0.15, 0.2) is 0 Å². The van der Waals surface area contributed by atoms with Gasteiger partial charge in [-0.25, -0.2) is 4.79 Å². The summed E-state index contributed by atoms with van der Waals surface area (Å²) >= 11 is 0. The van der Waals surface area contributed by atoms with Crippen LogP contribution in [0.4, 0.5) is 4.79 Å². The van der Waals surface area contributed by atoms with Gasteiger partial charge in [-0.05, 0) is 116 Å². The third kappa shape index (κ3) is 3.93. The van der Waals surface area contributed by atoms with Gasteiger partial charge in [0, 0.05) is 6.54 Å². The third-order valence-electron chi connectivity index (χ3n) is 11.8. The van der Waals surface area contributed by atoms with Crippen LogP contribution in [0.5, 0.6) is 0 Å². The molecule has 1 heterocycles. The summed E-state index contributed by atoms with van der Waals surface area (Å²) in [7, 11) is 0. The first-order valence-electron chi connectivity index (χ1n) is 14.0. The molecule has 4 N–H and O–H groups in total. The van der Waals surface area contributed by atoms with Gasteiger partial charge < -0.3 is 20.9 Å². The molecule has 0 aromatic carbocycles. The number of hydrogen-bond acceptors (Lipinski definition) is 3. The number of primary amides is 1. The summed E-state index contributed by atoms with van der Waals surface area (Å²) in [5, 5.41) is 13.1. The maximum absolute atomic E-state index is 11.0. The van der Waals surface area contributed by atoms with Crippen molar-refractivity contribution in [3.05, 3.63) is 0 Å². The first kappa shape index (κ1) is 23.9. The molecule has 4 saturated carbocycles. The van der Waals surface area contributed by atoms with Gasteiger partial charge in [-0.2, -0.15) is 0 Å². The summed E-state index contributed by atoms with van der Waals surface area (Å²) in [5.74, 6) is 5.01. The van der Waals surface area contributed by atoms with Crippen LogP contribution < -0.4 is 11.1 Å². The van der Waals surface area contributed by atoms with Crippen LogP contribution in [0.1, 0.15) is 91.9 Å². The molecule has 2 amide bonds. The van der Waals surface area contributed by atoms with E-state index in [9.17, 15) is 9.90 Å². The highest BCUT2D eigenvalue weighted by molar-refractivity contribution is 5.71. The quantitative estimate of drug-likeness (QED) is 0.533. The number of amides is 2. The zero-order valence-electron chi connectivity index (χ0n) is 21.4. The van der Waals surface area contributed by atoms with Crippen LogP contribution in [0.2, 0.25) is 0 Å². The van der Waals surface area contributed by atoms with Gasteiger partial charge in [-0.3, -0.25) is 0 Å². The van der Waals surface area contributed by atoms with Crippen LogP contribution >= 0.6 is 0 Å². The van der Waals surface area contributed by atoms with E-state index in [0.717, 1.165) is 49.4 Å². The van der Waals surface area contributed by atoms with Gasteiger partial charge in [0.05, 0.1) is 18.3 Å². The zero-order valence-corrected chi connectivity index (χ0v) is 21.4. The molecule has 0 spiro atoms. The number of carbonyl (C=O) groups excluding carboxylic acids is 1. The molecule has 188 valence electrons. The fraction of sp³-hybridized carbons (Fsp3) is 0.964. The molecule has 0 bridgehead atoms. The first-order valence-corrected chi connectivity index (χ1v) is 14.0. The van der Waals surface area contributed by atoms with Crippen molar-refractivity contribution in [2.75, 3.05) is 6.54 Å². The Kier molecular flexibility index (Phi) is 6.30. The van der Waals surface area contributed by atoms with Gasteiger partial charge in [0.25, 0.3) is 0 Å². The lowest BCUT2D eigenvalue weighted by Gasteiger charge is -2.61. The van der Waals surface area contributed by atoms with Gasteiger partial charge >= 0.3 is 6.03 Å². The lowest BCUT2D eigenvalue weighted by Crippen LogP contribution is -2.54. The number of carbonyl (C=O) groups is 1. The SMILES string of the molecule is CC(CCC1O[C@H]2C[C@H]3[C@@H]4CCC5CC(O)CC[C@]5(C)[C@H]4CC[C@]3(C)[C@H]2[C@@H]1C)CNC(N)=O. The Bertz CT molecular complexity index is 745. The van der Waals surface area contributed by atoms with Crippen LogP contribution in [0.25, 0.3) is 0 Å². The molecule has 4 aliphatic carbocycles. The Morgan fingerprint density at radius 1 is 1.12 bits per heavy atom. The topological polar surface area (TPSA) is 84.6 Å². The fourth-order valence-corrected chi connectivity index (χ4v) is 10.1. The number of aliphatic hydroxyl groups is 1. The van der Waals surface area contributed by atoms with E-state index in [1.807, 2.05) is 0 Å². The monoisotopic (exact) mass is 460 g/mol. The van der Waals surface area contributed by atoms with Gasteiger partial charge in [-0.15, -0.1) is 0 Å². The van der Waals surface area contributed by atoms with Crippen LogP contribution in [0.15, 0.2) is 0 Å². The molecule has 1 saturated heterocycles. The molecule has 1 aliphatic heterocycles. The van der Waals surface area contributed by atoms with E-state index in [4.69, 9.17) is 10.5 Å². The van der Waals surface area contributed by atoms with Gasteiger partial charge in [0.1, 0.15) is 0 Å². The Morgan fingerprint density at radius 2 is 1.88 bits per heavy atom. The van der Waals surface area contributed by atoms with Crippen molar-refractivity contribution in [3.8, 4) is 0 Å². The predicted molar refractivity (Wildman–Crippen MR) is 130 cm³/mol. The maximum atomic E-state index is 11.0. The maximum Gasteiger partial charge on any atom is 0.312 e. The minimum Gasteiger partial charge on any atom is -0.393 e. The minimum atomic E-state index is -0.427. The number of hydrogen-bond donors (Lipinski definition) is 3. The highest BCUT2D eigenvalue weighted by Crippen LogP contribution is 2.70. The number of aliphatic hydroxyl groups excluding tert-OH is 1. The van der Waals surface area contributed by atoms with E-state index < -0.39 is 6.03 Å². The number of nitrogens with two attached hydrogens (primary N) is 1. The molecule has 0 aromatic rings. The highest BCUT2D eigenvalue weighted by atomic mass is 16.5. The van der Waals surface area contributed by atoms with Crippen molar-refractivity contribution in [2.45, 2.75) is 110 Å². The number of ether oxygens (including phenoxy) is 1. The molecule has 4 unspecified atom stereocenters. The number of nitrogens with one attached hydrogen (secondary N) is 1. The molecular formula is C28H48N2O3. The normalized spacial score (nSPS) is 51.7. The smallest absolute Gasteiger partial charge is 0.312 e.